The second-order valence-corrected chi connectivity index (χ2v) is 5.45. The molecule has 1 saturated heterocycles. The summed E-state index contributed by atoms with van der Waals surface area (Å²) >= 11 is 0. The maximum atomic E-state index is 12.2. The van der Waals surface area contributed by atoms with Gasteiger partial charge in [-0.25, -0.2) is 0 Å². The molecule has 2 aromatic rings. The largest absolute Gasteiger partial charge is 0.465 e. The van der Waals surface area contributed by atoms with Crippen LogP contribution >= 0.6 is 0 Å². The van der Waals surface area contributed by atoms with Gasteiger partial charge in [-0.15, -0.1) is 0 Å². The lowest BCUT2D eigenvalue weighted by Gasteiger charge is -2.36. The summed E-state index contributed by atoms with van der Waals surface area (Å²) in [6.45, 7) is 5.35. The molecule has 114 valence electrons. The van der Waals surface area contributed by atoms with Crippen LogP contribution in [0.15, 0.2) is 53.2 Å². The summed E-state index contributed by atoms with van der Waals surface area (Å²) < 4.78 is 5.19. The van der Waals surface area contributed by atoms with Crippen LogP contribution in [0.2, 0.25) is 0 Å². The lowest BCUT2D eigenvalue weighted by molar-refractivity contribution is -0.126. The summed E-state index contributed by atoms with van der Waals surface area (Å²) in [6, 6.07) is 12.0. The fourth-order valence-corrected chi connectivity index (χ4v) is 2.73. The Hall–Kier alpha value is -2.49. The first-order valence-electron chi connectivity index (χ1n) is 7.55. The third-order valence-corrected chi connectivity index (χ3v) is 3.98. The molecule has 0 aliphatic carbocycles. The Morgan fingerprint density at radius 1 is 1.09 bits per heavy atom. The Morgan fingerprint density at radius 3 is 2.55 bits per heavy atom. The van der Waals surface area contributed by atoms with E-state index in [1.54, 1.807) is 18.4 Å². The van der Waals surface area contributed by atoms with Gasteiger partial charge in [0, 0.05) is 37.9 Å². The molecule has 0 atom stereocenters. The average molecular weight is 296 g/mol. The number of nitrogens with zero attached hydrogens (tertiary/aromatic N) is 2. The van der Waals surface area contributed by atoms with Crippen LogP contribution in [0.5, 0.6) is 0 Å². The van der Waals surface area contributed by atoms with Gasteiger partial charge in [-0.2, -0.15) is 0 Å². The van der Waals surface area contributed by atoms with Gasteiger partial charge in [0.2, 0.25) is 5.91 Å². The van der Waals surface area contributed by atoms with Crippen LogP contribution in [0.3, 0.4) is 0 Å². The van der Waals surface area contributed by atoms with Crippen molar-refractivity contribution in [1.82, 2.24) is 4.90 Å². The molecule has 0 spiro atoms. The number of carbonyl (C=O) groups is 1. The number of hydrogen-bond donors (Lipinski definition) is 0. The van der Waals surface area contributed by atoms with Crippen molar-refractivity contribution in [2.75, 3.05) is 31.1 Å². The zero-order valence-electron chi connectivity index (χ0n) is 12.7. The molecule has 1 aliphatic heterocycles. The number of aryl methyl sites for hydroxylation is 1. The molecule has 1 aliphatic rings. The van der Waals surface area contributed by atoms with Crippen LogP contribution in [0.4, 0.5) is 5.69 Å². The number of benzene rings is 1. The third kappa shape index (κ3) is 3.22. The SMILES string of the molecule is Cc1ccccc1N1CCN(C(=O)C=Cc2ccco2)CC1. The van der Waals surface area contributed by atoms with E-state index in [-0.39, 0.29) is 5.91 Å². The van der Waals surface area contributed by atoms with Crippen LogP contribution in [0.25, 0.3) is 6.08 Å². The Morgan fingerprint density at radius 2 is 1.86 bits per heavy atom. The predicted molar refractivity (Wildman–Crippen MR) is 87.7 cm³/mol. The van der Waals surface area contributed by atoms with Gasteiger partial charge < -0.3 is 14.2 Å². The fraction of sp³-hybridized carbons (Fsp3) is 0.278. The molecule has 1 aromatic carbocycles. The standard InChI is InChI=1S/C18H20N2O2/c1-15-5-2-3-7-17(15)19-10-12-20(13-11-19)18(21)9-8-16-6-4-14-22-16/h2-9,14H,10-13H2,1H3. The van der Waals surface area contributed by atoms with Gasteiger partial charge in [0.15, 0.2) is 0 Å². The minimum absolute atomic E-state index is 0.0424. The van der Waals surface area contributed by atoms with Gasteiger partial charge in [0.25, 0.3) is 0 Å². The summed E-state index contributed by atoms with van der Waals surface area (Å²) in [7, 11) is 0. The number of carbonyl (C=O) groups excluding carboxylic acids is 1. The van der Waals surface area contributed by atoms with Crippen molar-refractivity contribution in [3.8, 4) is 0 Å². The van der Waals surface area contributed by atoms with E-state index in [1.807, 2.05) is 17.0 Å². The third-order valence-electron chi connectivity index (χ3n) is 3.98. The van der Waals surface area contributed by atoms with Crippen LogP contribution in [0.1, 0.15) is 11.3 Å². The van der Waals surface area contributed by atoms with E-state index < -0.39 is 0 Å². The van der Waals surface area contributed by atoms with Crippen LogP contribution in [0, 0.1) is 6.92 Å². The average Bonchev–Trinajstić information content (AvgIpc) is 3.07. The molecule has 4 heteroatoms. The summed E-state index contributed by atoms with van der Waals surface area (Å²) in [5, 5.41) is 0. The molecule has 2 heterocycles. The predicted octanol–water partition coefficient (Wildman–Crippen LogP) is 2.95. The minimum atomic E-state index is 0.0424. The smallest absolute Gasteiger partial charge is 0.246 e. The molecular formula is C18H20N2O2. The summed E-state index contributed by atoms with van der Waals surface area (Å²) in [4.78, 5) is 16.4. The van der Waals surface area contributed by atoms with Crippen LogP contribution in [-0.4, -0.2) is 37.0 Å². The highest BCUT2D eigenvalue weighted by atomic mass is 16.3. The lowest BCUT2D eigenvalue weighted by atomic mass is 10.1. The first-order valence-corrected chi connectivity index (χ1v) is 7.55. The van der Waals surface area contributed by atoms with Gasteiger partial charge in [0.05, 0.1) is 6.26 Å². The van der Waals surface area contributed by atoms with E-state index in [2.05, 4.69) is 36.1 Å². The Labute approximate surface area is 130 Å². The van der Waals surface area contributed by atoms with E-state index in [1.165, 1.54) is 11.3 Å². The quantitative estimate of drug-likeness (QED) is 0.817. The summed E-state index contributed by atoms with van der Waals surface area (Å²) in [5.74, 6) is 0.743. The Kier molecular flexibility index (Phi) is 4.28. The minimum Gasteiger partial charge on any atom is -0.465 e. The van der Waals surface area contributed by atoms with Crippen molar-refractivity contribution < 1.29 is 9.21 Å². The second-order valence-electron chi connectivity index (χ2n) is 5.45. The zero-order chi connectivity index (χ0) is 15.4. The number of anilines is 1. The molecule has 1 aromatic heterocycles. The highest BCUT2D eigenvalue weighted by Gasteiger charge is 2.20. The summed E-state index contributed by atoms with van der Waals surface area (Å²) in [6.07, 6.45) is 4.91. The topological polar surface area (TPSA) is 36.7 Å². The molecule has 0 saturated carbocycles. The van der Waals surface area contributed by atoms with Crippen molar-refractivity contribution in [2.45, 2.75) is 6.92 Å². The second kappa shape index (κ2) is 6.52. The number of amides is 1. The number of hydrogen-bond acceptors (Lipinski definition) is 3. The van der Waals surface area contributed by atoms with Gasteiger partial charge in [-0.05, 0) is 36.8 Å². The Balaban J connectivity index is 1.57. The first-order chi connectivity index (χ1) is 10.7. The number of para-hydroxylation sites is 1. The monoisotopic (exact) mass is 296 g/mol. The fourth-order valence-electron chi connectivity index (χ4n) is 2.73. The van der Waals surface area contributed by atoms with Crippen molar-refractivity contribution >= 4 is 17.7 Å². The van der Waals surface area contributed by atoms with Crippen molar-refractivity contribution in [1.29, 1.82) is 0 Å². The van der Waals surface area contributed by atoms with E-state index in [4.69, 9.17) is 4.42 Å². The number of furan rings is 1. The number of rotatable bonds is 3. The van der Waals surface area contributed by atoms with Gasteiger partial charge in [0.1, 0.15) is 5.76 Å². The highest BCUT2D eigenvalue weighted by Crippen LogP contribution is 2.20. The van der Waals surface area contributed by atoms with E-state index in [9.17, 15) is 4.79 Å². The molecule has 22 heavy (non-hydrogen) atoms. The van der Waals surface area contributed by atoms with Crippen molar-refractivity contribution in [3.63, 3.8) is 0 Å². The highest BCUT2D eigenvalue weighted by molar-refractivity contribution is 5.91. The van der Waals surface area contributed by atoms with Gasteiger partial charge in [-0.3, -0.25) is 4.79 Å². The normalized spacial score (nSPS) is 15.5. The van der Waals surface area contributed by atoms with E-state index in [0.29, 0.717) is 5.76 Å². The molecule has 0 radical (unpaired) electrons. The maximum absolute atomic E-state index is 12.2. The molecule has 1 amide bonds. The zero-order valence-corrected chi connectivity index (χ0v) is 12.7. The molecule has 0 bridgehead atoms. The molecule has 0 unspecified atom stereocenters. The lowest BCUT2D eigenvalue weighted by Crippen LogP contribution is -2.48. The van der Waals surface area contributed by atoms with Crippen LogP contribution in [-0.2, 0) is 4.79 Å². The van der Waals surface area contributed by atoms with Crippen molar-refractivity contribution in [2.24, 2.45) is 0 Å². The van der Waals surface area contributed by atoms with Gasteiger partial charge >= 0.3 is 0 Å². The number of piperazine rings is 1. The van der Waals surface area contributed by atoms with Gasteiger partial charge in [-0.1, -0.05) is 18.2 Å². The van der Waals surface area contributed by atoms with Crippen LogP contribution < -0.4 is 4.90 Å². The first kappa shape index (κ1) is 14.4. The molecule has 4 nitrogen and oxygen atoms in total. The maximum Gasteiger partial charge on any atom is 0.246 e. The molecule has 1 fully saturated rings. The summed E-state index contributed by atoms with van der Waals surface area (Å²) in [5.41, 5.74) is 2.54. The molecule has 0 N–H and O–H groups in total. The molecule has 3 rings (SSSR count). The molecular weight excluding hydrogens is 276 g/mol. The van der Waals surface area contributed by atoms with E-state index >= 15 is 0 Å². The Bertz CT molecular complexity index is 653. The van der Waals surface area contributed by atoms with Crippen molar-refractivity contribution in [3.05, 3.63) is 60.1 Å². The van der Waals surface area contributed by atoms with E-state index in [0.717, 1.165) is 26.2 Å².